The van der Waals surface area contributed by atoms with Gasteiger partial charge in [-0.2, -0.15) is 0 Å². The van der Waals surface area contributed by atoms with Gasteiger partial charge in [-0.1, -0.05) is 72.8 Å². The number of hydrogen-bond acceptors (Lipinski definition) is 3. The first-order valence-electron chi connectivity index (χ1n) is 9.25. The van der Waals surface area contributed by atoms with Crippen LogP contribution < -0.4 is 13.7 Å². The summed E-state index contributed by atoms with van der Waals surface area (Å²) in [5.74, 6) is 1.34. The number of benzene rings is 4. The van der Waals surface area contributed by atoms with Crippen LogP contribution in [0.3, 0.4) is 0 Å². The van der Waals surface area contributed by atoms with Crippen LogP contribution in [0.4, 0.5) is 11.4 Å². The third kappa shape index (κ3) is 4.68. The molecule has 4 aromatic rings. The topological polar surface area (TPSA) is 21.7 Å². The van der Waals surface area contributed by atoms with Gasteiger partial charge in [0, 0.05) is 11.8 Å². The summed E-state index contributed by atoms with van der Waals surface area (Å²) in [6.45, 7) is -3.05. The fourth-order valence-corrected chi connectivity index (χ4v) is 5.79. The maximum Gasteiger partial charge on any atom is 0.399 e. The monoisotopic (exact) mass is 417 g/mol. The Labute approximate surface area is 176 Å². The minimum absolute atomic E-state index is 0.670. The number of nitrogens with zero attached hydrogens (tertiary/aromatic N) is 1. The predicted octanol–water partition coefficient (Wildman–Crippen LogP) is 7.21. The SMILES string of the molecule is S=P(Oc1ccccc1)(Oc1ccccc1)N(c1ccccc1)c1ccccc1. The molecule has 0 unspecified atom stereocenters. The normalized spacial score (nSPS) is 10.9. The zero-order valence-electron chi connectivity index (χ0n) is 15.7. The Balaban J connectivity index is 1.85. The molecule has 0 aromatic heterocycles. The van der Waals surface area contributed by atoms with E-state index < -0.39 is 6.64 Å². The van der Waals surface area contributed by atoms with E-state index in [1.165, 1.54) is 0 Å². The summed E-state index contributed by atoms with van der Waals surface area (Å²) >= 11 is 6.14. The molecule has 4 aromatic carbocycles. The largest absolute Gasteiger partial charge is 0.420 e. The third-order valence-electron chi connectivity index (χ3n) is 4.17. The molecule has 0 N–H and O–H groups in total. The van der Waals surface area contributed by atoms with Crippen molar-refractivity contribution < 1.29 is 9.05 Å². The van der Waals surface area contributed by atoms with E-state index in [0.29, 0.717) is 11.5 Å². The molecular weight excluding hydrogens is 397 g/mol. The van der Waals surface area contributed by atoms with Crippen LogP contribution in [-0.4, -0.2) is 0 Å². The van der Waals surface area contributed by atoms with Crippen molar-refractivity contribution in [2.45, 2.75) is 0 Å². The van der Waals surface area contributed by atoms with Crippen molar-refractivity contribution in [2.75, 3.05) is 4.67 Å². The van der Waals surface area contributed by atoms with E-state index >= 15 is 0 Å². The van der Waals surface area contributed by atoms with Gasteiger partial charge in [0.1, 0.15) is 11.5 Å². The van der Waals surface area contributed by atoms with Crippen molar-refractivity contribution in [2.24, 2.45) is 0 Å². The molecule has 0 heterocycles. The predicted molar refractivity (Wildman–Crippen MR) is 123 cm³/mol. The summed E-state index contributed by atoms with van der Waals surface area (Å²) in [6.07, 6.45) is 0. The fraction of sp³-hybridized carbons (Fsp3) is 0. The first-order chi connectivity index (χ1) is 14.2. The van der Waals surface area contributed by atoms with Gasteiger partial charge in [-0.3, -0.25) is 4.67 Å². The molecule has 0 saturated carbocycles. The van der Waals surface area contributed by atoms with Gasteiger partial charge >= 0.3 is 6.64 Å². The maximum absolute atomic E-state index is 6.41. The highest BCUT2D eigenvalue weighted by Crippen LogP contribution is 2.57. The number of rotatable bonds is 7. The maximum atomic E-state index is 6.41. The quantitative estimate of drug-likeness (QED) is 0.296. The smallest absolute Gasteiger partial charge is 0.399 e. The van der Waals surface area contributed by atoms with Crippen LogP contribution in [0.2, 0.25) is 0 Å². The summed E-state index contributed by atoms with van der Waals surface area (Å²) in [5.41, 5.74) is 1.82. The van der Waals surface area contributed by atoms with Crippen LogP contribution in [0.15, 0.2) is 121 Å². The van der Waals surface area contributed by atoms with Crippen molar-refractivity contribution >= 4 is 29.8 Å². The fourth-order valence-electron chi connectivity index (χ4n) is 2.90. The molecule has 0 aliphatic rings. The van der Waals surface area contributed by atoms with E-state index in [1.54, 1.807) is 0 Å². The molecule has 0 saturated heterocycles. The van der Waals surface area contributed by atoms with Crippen molar-refractivity contribution in [3.05, 3.63) is 121 Å². The molecule has 3 nitrogen and oxygen atoms in total. The van der Waals surface area contributed by atoms with Gasteiger partial charge in [-0.25, -0.2) is 0 Å². The Morgan fingerprint density at radius 3 is 1.14 bits per heavy atom. The highest BCUT2D eigenvalue weighted by Gasteiger charge is 2.34. The van der Waals surface area contributed by atoms with Gasteiger partial charge in [-0.05, 0) is 48.5 Å². The lowest BCUT2D eigenvalue weighted by Crippen LogP contribution is -2.21. The molecule has 29 heavy (non-hydrogen) atoms. The second kappa shape index (κ2) is 8.95. The molecule has 0 atom stereocenters. The second-order valence-corrected chi connectivity index (χ2v) is 9.35. The molecule has 0 aliphatic heterocycles. The van der Waals surface area contributed by atoms with Crippen molar-refractivity contribution in [3.8, 4) is 11.5 Å². The number of hydrogen-bond donors (Lipinski definition) is 0. The standard InChI is InChI=1S/C24H20NO2PS/c29-28(26-23-17-9-3-10-18-23,27-24-19-11-4-12-20-24)25(21-13-5-1-6-14-21)22-15-7-2-8-16-22/h1-20H. The summed E-state index contributed by atoms with van der Waals surface area (Å²) in [4.78, 5) is 0. The van der Waals surface area contributed by atoms with Gasteiger partial charge in [0.05, 0.1) is 11.4 Å². The lowest BCUT2D eigenvalue weighted by Gasteiger charge is -2.35. The zero-order chi connectivity index (χ0) is 19.9. The van der Waals surface area contributed by atoms with Crippen LogP contribution in [0.5, 0.6) is 11.5 Å². The molecule has 5 heteroatoms. The Morgan fingerprint density at radius 2 is 0.793 bits per heavy atom. The zero-order valence-corrected chi connectivity index (χ0v) is 17.4. The summed E-state index contributed by atoms with van der Waals surface area (Å²) in [5, 5.41) is 0. The lowest BCUT2D eigenvalue weighted by molar-refractivity contribution is 0.486. The molecule has 0 fully saturated rings. The van der Waals surface area contributed by atoms with Crippen molar-refractivity contribution in [1.82, 2.24) is 0 Å². The van der Waals surface area contributed by atoms with Gasteiger partial charge in [0.25, 0.3) is 0 Å². The lowest BCUT2D eigenvalue weighted by atomic mass is 10.3. The van der Waals surface area contributed by atoms with E-state index in [4.69, 9.17) is 20.9 Å². The Morgan fingerprint density at radius 1 is 0.483 bits per heavy atom. The molecule has 0 aliphatic carbocycles. The summed E-state index contributed by atoms with van der Waals surface area (Å²) in [7, 11) is 0. The van der Waals surface area contributed by atoms with Crippen LogP contribution in [-0.2, 0) is 11.8 Å². The van der Waals surface area contributed by atoms with Crippen LogP contribution in [0.1, 0.15) is 0 Å². The highest BCUT2D eigenvalue weighted by molar-refractivity contribution is 8.11. The average Bonchev–Trinajstić information content (AvgIpc) is 2.77. The summed E-state index contributed by atoms with van der Waals surface area (Å²) < 4.78 is 14.8. The van der Waals surface area contributed by atoms with Gasteiger partial charge in [-0.15, -0.1) is 0 Å². The van der Waals surface area contributed by atoms with E-state index in [1.807, 2.05) is 126 Å². The first-order valence-corrected chi connectivity index (χ1v) is 11.8. The van der Waals surface area contributed by atoms with Gasteiger partial charge in [0.2, 0.25) is 0 Å². The van der Waals surface area contributed by atoms with E-state index in [0.717, 1.165) is 11.4 Å². The van der Waals surface area contributed by atoms with Crippen molar-refractivity contribution in [3.63, 3.8) is 0 Å². The van der Waals surface area contributed by atoms with Gasteiger partial charge < -0.3 is 9.05 Å². The molecule has 0 spiro atoms. The highest BCUT2D eigenvalue weighted by atomic mass is 32.5. The van der Waals surface area contributed by atoms with Gasteiger partial charge in [0.15, 0.2) is 0 Å². The second-order valence-electron chi connectivity index (χ2n) is 6.26. The van der Waals surface area contributed by atoms with E-state index in [-0.39, 0.29) is 0 Å². The summed E-state index contributed by atoms with van der Waals surface area (Å²) in [6, 6.07) is 39.1. The van der Waals surface area contributed by atoms with E-state index in [2.05, 4.69) is 0 Å². The number of para-hydroxylation sites is 4. The van der Waals surface area contributed by atoms with Crippen molar-refractivity contribution in [1.29, 1.82) is 0 Å². The van der Waals surface area contributed by atoms with Crippen LogP contribution in [0.25, 0.3) is 0 Å². The van der Waals surface area contributed by atoms with Crippen LogP contribution in [0, 0.1) is 0 Å². The Hall–Kier alpha value is -3.07. The molecule has 4 rings (SSSR count). The first kappa shape index (κ1) is 19.3. The Bertz CT molecular complexity index is 992. The Kier molecular flexibility index (Phi) is 5.95. The molecule has 0 amide bonds. The minimum atomic E-state index is -3.05. The van der Waals surface area contributed by atoms with E-state index in [9.17, 15) is 0 Å². The molecule has 0 bridgehead atoms. The third-order valence-corrected chi connectivity index (χ3v) is 6.95. The number of anilines is 2. The molecule has 144 valence electrons. The molecular formula is C24H20NO2PS. The average molecular weight is 417 g/mol. The molecule has 0 radical (unpaired) electrons. The van der Waals surface area contributed by atoms with Crippen LogP contribution >= 0.6 is 6.64 Å². The minimum Gasteiger partial charge on any atom is -0.420 e.